The molecule has 0 aliphatic rings. The van der Waals surface area contributed by atoms with E-state index in [1.54, 1.807) is 19.0 Å². The van der Waals surface area contributed by atoms with Crippen molar-refractivity contribution in [1.29, 1.82) is 0 Å². The Bertz CT molecular complexity index is 209. The summed E-state index contributed by atoms with van der Waals surface area (Å²) >= 11 is 5.35. The van der Waals surface area contributed by atoms with Gasteiger partial charge in [0.15, 0.2) is 0 Å². The molecule has 82 valence electrons. The number of likely N-dealkylation sites (N-methyl/N-ethyl adjacent to an activating group) is 2. The van der Waals surface area contributed by atoms with Gasteiger partial charge in [0, 0.05) is 20.6 Å². The van der Waals surface area contributed by atoms with Crippen LogP contribution in [-0.4, -0.2) is 54.7 Å². The Balaban J connectivity index is 3.98. The maximum Gasteiger partial charge on any atom is 0.241 e. The summed E-state index contributed by atoms with van der Waals surface area (Å²) in [4.78, 5) is 25.4. The zero-order valence-corrected chi connectivity index (χ0v) is 9.67. The van der Waals surface area contributed by atoms with E-state index in [0.29, 0.717) is 6.54 Å². The first-order valence-corrected chi connectivity index (χ1v) is 5.10. The Hall–Kier alpha value is -0.770. The molecule has 14 heavy (non-hydrogen) atoms. The quantitative estimate of drug-likeness (QED) is 0.635. The molecule has 0 heterocycles. The van der Waals surface area contributed by atoms with E-state index < -0.39 is 0 Å². The molecule has 0 aromatic rings. The molecular formula is C9H17ClN2O2. The topological polar surface area (TPSA) is 40.6 Å². The molecular weight excluding hydrogens is 204 g/mol. The van der Waals surface area contributed by atoms with Gasteiger partial charge in [-0.25, -0.2) is 0 Å². The fraction of sp³-hybridized carbons (Fsp3) is 0.778. The van der Waals surface area contributed by atoms with Crippen molar-refractivity contribution in [3.8, 4) is 0 Å². The van der Waals surface area contributed by atoms with Gasteiger partial charge in [0.05, 0.1) is 6.54 Å². The minimum absolute atomic E-state index is 0.0622. The smallest absolute Gasteiger partial charge is 0.241 e. The third-order valence-corrected chi connectivity index (χ3v) is 2.13. The third kappa shape index (κ3) is 4.46. The van der Waals surface area contributed by atoms with Crippen LogP contribution < -0.4 is 0 Å². The number of rotatable bonds is 5. The SMILES string of the molecule is CCCN(C)C(=O)CN(C)C(=O)CCl. The second-order valence-electron chi connectivity index (χ2n) is 3.20. The number of carbonyl (C=O) groups is 2. The van der Waals surface area contributed by atoms with E-state index in [9.17, 15) is 9.59 Å². The maximum absolute atomic E-state index is 11.5. The normalized spacial score (nSPS) is 9.71. The van der Waals surface area contributed by atoms with Crippen LogP contribution in [0.1, 0.15) is 13.3 Å². The summed E-state index contributed by atoms with van der Waals surface area (Å²) < 4.78 is 0. The van der Waals surface area contributed by atoms with Crippen LogP contribution in [-0.2, 0) is 9.59 Å². The number of hydrogen-bond acceptors (Lipinski definition) is 2. The molecule has 0 saturated heterocycles. The maximum atomic E-state index is 11.5. The summed E-state index contributed by atoms with van der Waals surface area (Å²) in [6, 6.07) is 0. The lowest BCUT2D eigenvalue weighted by Gasteiger charge is -2.20. The monoisotopic (exact) mass is 220 g/mol. The molecule has 0 aromatic carbocycles. The zero-order valence-electron chi connectivity index (χ0n) is 8.92. The summed E-state index contributed by atoms with van der Waals surface area (Å²) in [5.74, 6) is -0.376. The fourth-order valence-electron chi connectivity index (χ4n) is 0.974. The molecule has 2 amide bonds. The van der Waals surface area contributed by atoms with E-state index in [4.69, 9.17) is 11.6 Å². The Morgan fingerprint density at radius 2 is 1.71 bits per heavy atom. The van der Waals surface area contributed by atoms with Crippen molar-refractivity contribution in [1.82, 2.24) is 9.80 Å². The first-order valence-electron chi connectivity index (χ1n) is 4.56. The van der Waals surface area contributed by atoms with Crippen molar-refractivity contribution in [2.45, 2.75) is 13.3 Å². The number of amides is 2. The Kier molecular flexibility index (Phi) is 6.28. The minimum Gasteiger partial charge on any atom is -0.344 e. The molecule has 0 spiro atoms. The molecule has 5 heteroatoms. The highest BCUT2D eigenvalue weighted by Crippen LogP contribution is 1.93. The van der Waals surface area contributed by atoms with Crippen molar-refractivity contribution >= 4 is 23.4 Å². The highest BCUT2D eigenvalue weighted by molar-refractivity contribution is 6.27. The summed E-state index contributed by atoms with van der Waals surface area (Å²) in [6.07, 6.45) is 0.912. The van der Waals surface area contributed by atoms with Crippen molar-refractivity contribution in [3.05, 3.63) is 0 Å². The van der Waals surface area contributed by atoms with Crippen molar-refractivity contribution < 1.29 is 9.59 Å². The molecule has 0 radical (unpaired) electrons. The van der Waals surface area contributed by atoms with Gasteiger partial charge in [-0.15, -0.1) is 11.6 Å². The van der Waals surface area contributed by atoms with Gasteiger partial charge < -0.3 is 9.80 Å². The lowest BCUT2D eigenvalue weighted by atomic mass is 10.4. The van der Waals surface area contributed by atoms with Gasteiger partial charge in [0.25, 0.3) is 0 Å². The molecule has 0 aromatic heterocycles. The number of alkyl halides is 1. The summed E-state index contributed by atoms with van der Waals surface area (Å²) in [5.41, 5.74) is 0. The highest BCUT2D eigenvalue weighted by atomic mass is 35.5. The van der Waals surface area contributed by atoms with E-state index in [0.717, 1.165) is 6.42 Å². The van der Waals surface area contributed by atoms with E-state index in [1.165, 1.54) is 4.90 Å². The number of hydrogen-bond donors (Lipinski definition) is 0. The van der Waals surface area contributed by atoms with Crippen LogP contribution in [0.25, 0.3) is 0 Å². The van der Waals surface area contributed by atoms with Gasteiger partial charge in [-0.05, 0) is 6.42 Å². The van der Waals surface area contributed by atoms with Crippen LogP contribution in [0.3, 0.4) is 0 Å². The molecule has 0 bridgehead atoms. The predicted octanol–water partition coefficient (Wildman–Crippen LogP) is 0.552. The number of halogens is 1. The molecule has 0 atom stereocenters. The van der Waals surface area contributed by atoms with Gasteiger partial charge >= 0.3 is 0 Å². The van der Waals surface area contributed by atoms with Crippen LogP contribution in [0, 0.1) is 0 Å². The second-order valence-corrected chi connectivity index (χ2v) is 3.47. The van der Waals surface area contributed by atoms with Gasteiger partial charge in [-0.1, -0.05) is 6.92 Å². The lowest BCUT2D eigenvalue weighted by molar-refractivity contribution is -0.137. The summed E-state index contributed by atoms with van der Waals surface area (Å²) in [6.45, 7) is 2.81. The predicted molar refractivity (Wildman–Crippen MR) is 56.3 cm³/mol. The van der Waals surface area contributed by atoms with Gasteiger partial charge in [0.1, 0.15) is 5.88 Å². The van der Waals surface area contributed by atoms with Gasteiger partial charge in [-0.3, -0.25) is 9.59 Å². The largest absolute Gasteiger partial charge is 0.344 e. The fourth-order valence-corrected chi connectivity index (χ4v) is 1.18. The molecule has 0 rings (SSSR count). The molecule has 0 N–H and O–H groups in total. The van der Waals surface area contributed by atoms with Crippen LogP contribution in [0.5, 0.6) is 0 Å². The Morgan fingerprint density at radius 3 is 2.14 bits per heavy atom. The molecule has 0 unspecified atom stereocenters. The summed E-state index contributed by atoms with van der Waals surface area (Å²) in [5, 5.41) is 0. The summed E-state index contributed by atoms with van der Waals surface area (Å²) in [7, 11) is 3.30. The van der Waals surface area contributed by atoms with E-state index in [2.05, 4.69) is 0 Å². The molecule has 4 nitrogen and oxygen atoms in total. The first-order chi connectivity index (χ1) is 6.52. The van der Waals surface area contributed by atoms with Crippen molar-refractivity contribution in [3.63, 3.8) is 0 Å². The molecule has 0 aliphatic carbocycles. The first kappa shape index (κ1) is 13.2. The molecule has 0 fully saturated rings. The average molecular weight is 221 g/mol. The lowest BCUT2D eigenvalue weighted by Crippen LogP contribution is -2.40. The van der Waals surface area contributed by atoms with E-state index in [-0.39, 0.29) is 24.2 Å². The van der Waals surface area contributed by atoms with Crippen LogP contribution >= 0.6 is 11.6 Å². The van der Waals surface area contributed by atoms with Crippen LogP contribution in [0.15, 0.2) is 0 Å². The van der Waals surface area contributed by atoms with Gasteiger partial charge in [0.2, 0.25) is 11.8 Å². The Labute approximate surface area is 89.8 Å². The van der Waals surface area contributed by atoms with Crippen LogP contribution in [0.2, 0.25) is 0 Å². The zero-order chi connectivity index (χ0) is 11.1. The second kappa shape index (κ2) is 6.65. The highest BCUT2D eigenvalue weighted by Gasteiger charge is 2.14. The standard InChI is InChI=1S/C9H17ClN2O2/c1-4-5-11(2)9(14)7-12(3)8(13)6-10/h4-7H2,1-3H3. The number of nitrogens with zero attached hydrogens (tertiary/aromatic N) is 2. The third-order valence-electron chi connectivity index (χ3n) is 1.90. The van der Waals surface area contributed by atoms with Crippen molar-refractivity contribution in [2.24, 2.45) is 0 Å². The van der Waals surface area contributed by atoms with E-state index in [1.807, 2.05) is 6.92 Å². The van der Waals surface area contributed by atoms with Crippen LogP contribution in [0.4, 0.5) is 0 Å². The average Bonchev–Trinajstić information content (AvgIpc) is 2.16. The Morgan fingerprint density at radius 1 is 1.14 bits per heavy atom. The van der Waals surface area contributed by atoms with E-state index >= 15 is 0 Å². The minimum atomic E-state index is -0.232. The molecule has 0 saturated carbocycles. The molecule has 0 aliphatic heterocycles. The van der Waals surface area contributed by atoms with Crippen molar-refractivity contribution in [2.75, 3.05) is 33.1 Å². The number of carbonyl (C=O) groups excluding carboxylic acids is 2. The van der Waals surface area contributed by atoms with Gasteiger partial charge in [-0.2, -0.15) is 0 Å².